The van der Waals surface area contributed by atoms with Crippen molar-refractivity contribution in [1.29, 1.82) is 0 Å². The topological polar surface area (TPSA) is 55.4 Å². The van der Waals surface area contributed by atoms with Crippen molar-refractivity contribution in [2.24, 2.45) is 0 Å². The standard InChI is InChI=1S/C45H48Br2O6P2/c1-48-33-19-7-13-25-39(33)54(40-26-14-8-20-34(40)49-2,41-27-15-9-21-35(41)50-3)32-31-45(46,47)55(42-28-16-10-22-36(42)51-4,43-29-17-11-23-37(43)52-5)44-30-18-12-24-38(44)53-6/h7-30,54-55H,31-32H2,1-6H3. The van der Waals surface area contributed by atoms with E-state index in [1.54, 1.807) is 42.7 Å². The van der Waals surface area contributed by atoms with Gasteiger partial charge in [-0.2, -0.15) is 0 Å². The molecule has 0 N–H and O–H groups in total. The van der Waals surface area contributed by atoms with E-state index in [9.17, 15) is 0 Å². The van der Waals surface area contributed by atoms with E-state index in [4.69, 9.17) is 28.4 Å². The second kappa shape index (κ2) is 17.8. The van der Waals surface area contributed by atoms with E-state index in [0.29, 0.717) is 12.6 Å². The zero-order chi connectivity index (χ0) is 39.1. The van der Waals surface area contributed by atoms with Crippen LogP contribution in [0.5, 0.6) is 34.5 Å². The molecule has 0 radical (unpaired) electrons. The molecule has 0 heterocycles. The van der Waals surface area contributed by atoms with E-state index in [1.165, 1.54) is 0 Å². The molecule has 288 valence electrons. The summed E-state index contributed by atoms with van der Waals surface area (Å²) in [5.74, 6) is 4.75. The number of para-hydroxylation sites is 6. The SMILES string of the molecule is COc1ccccc1[PH](CCC(Br)(Br)[PH](c1ccccc1OC)(c1ccccc1OC)c1ccccc1OC)(c1ccccc1OC)c1ccccc1OC. The van der Waals surface area contributed by atoms with Gasteiger partial charge in [0.15, 0.2) is 0 Å². The molecule has 55 heavy (non-hydrogen) atoms. The quantitative estimate of drug-likeness (QED) is 0.0720. The van der Waals surface area contributed by atoms with Crippen LogP contribution in [-0.4, -0.2) is 51.8 Å². The van der Waals surface area contributed by atoms with E-state index < -0.39 is 17.5 Å². The first-order valence-corrected chi connectivity index (χ1v) is 23.8. The molecular weight excluding hydrogens is 858 g/mol. The van der Waals surface area contributed by atoms with E-state index in [1.807, 2.05) is 54.6 Å². The van der Waals surface area contributed by atoms with Crippen LogP contribution in [-0.2, 0) is 0 Å². The van der Waals surface area contributed by atoms with Gasteiger partial charge >= 0.3 is 345 Å². The molecule has 6 rings (SSSR count). The van der Waals surface area contributed by atoms with Crippen LogP contribution in [0.15, 0.2) is 146 Å². The van der Waals surface area contributed by atoms with Gasteiger partial charge in [-0.1, -0.05) is 0 Å². The molecule has 10 heteroatoms. The monoisotopic (exact) mass is 904 g/mol. The summed E-state index contributed by atoms with van der Waals surface area (Å²) < 4.78 is 36.6. The normalized spacial score (nSPS) is 12.4. The molecule has 0 saturated heterocycles. The molecule has 0 fully saturated rings. The molecule has 0 saturated carbocycles. The Morgan fingerprint density at radius 2 is 0.582 bits per heavy atom. The number of halogens is 2. The molecule has 0 atom stereocenters. The number of alkyl halides is 2. The summed E-state index contributed by atoms with van der Waals surface area (Å²) in [5, 5.41) is 6.50. The first kappa shape index (κ1) is 40.6. The Hall–Kier alpha value is -4.06. The average molecular weight is 907 g/mol. The number of methoxy groups -OCH3 is 6. The third-order valence-electron chi connectivity index (χ3n) is 10.6. The van der Waals surface area contributed by atoms with Gasteiger partial charge < -0.3 is 0 Å². The number of hydrogen-bond donors (Lipinski definition) is 0. The molecule has 0 amide bonds. The van der Waals surface area contributed by atoms with Gasteiger partial charge in [0.2, 0.25) is 0 Å². The maximum absolute atomic E-state index is 6.25. The fourth-order valence-electron chi connectivity index (χ4n) is 8.25. The third kappa shape index (κ3) is 7.24. The Labute approximate surface area is 343 Å². The van der Waals surface area contributed by atoms with Crippen LogP contribution < -0.4 is 60.2 Å². The van der Waals surface area contributed by atoms with E-state index in [0.717, 1.165) is 66.3 Å². The van der Waals surface area contributed by atoms with Gasteiger partial charge in [0, 0.05) is 0 Å². The molecule has 0 aliphatic heterocycles. The fraction of sp³-hybridized carbons (Fsp3) is 0.200. The molecule has 0 aliphatic carbocycles. The van der Waals surface area contributed by atoms with Gasteiger partial charge in [-0.05, 0) is 0 Å². The van der Waals surface area contributed by atoms with E-state index in [2.05, 4.69) is 123 Å². The number of benzene rings is 6. The van der Waals surface area contributed by atoms with Crippen molar-refractivity contribution in [3.05, 3.63) is 146 Å². The Bertz CT molecular complexity index is 2000. The van der Waals surface area contributed by atoms with Crippen molar-refractivity contribution in [2.45, 2.75) is 9.40 Å². The zero-order valence-corrected chi connectivity index (χ0v) is 37.1. The van der Waals surface area contributed by atoms with Crippen molar-refractivity contribution in [3.63, 3.8) is 0 Å². The molecule has 0 unspecified atom stereocenters. The number of hydrogen-bond acceptors (Lipinski definition) is 6. The summed E-state index contributed by atoms with van der Waals surface area (Å²) in [6.07, 6.45) is 1.31. The van der Waals surface area contributed by atoms with Gasteiger partial charge in [0.25, 0.3) is 0 Å². The van der Waals surface area contributed by atoms with Gasteiger partial charge in [0.05, 0.1) is 0 Å². The van der Waals surface area contributed by atoms with Crippen LogP contribution in [0.3, 0.4) is 0 Å². The van der Waals surface area contributed by atoms with Gasteiger partial charge in [-0.15, -0.1) is 0 Å². The minimum absolute atomic E-state index is 0.619. The molecule has 0 aliphatic rings. The first-order chi connectivity index (χ1) is 26.8. The Morgan fingerprint density at radius 1 is 0.364 bits per heavy atom. The Morgan fingerprint density at radius 3 is 0.836 bits per heavy atom. The summed E-state index contributed by atoms with van der Waals surface area (Å²) in [7, 11) is 3.80. The van der Waals surface area contributed by atoms with E-state index in [-0.39, 0.29) is 0 Å². The van der Waals surface area contributed by atoms with Crippen LogP contribution in [0, 0.1) is 0 Å². The van der Waals surface area contributed by atoms with Crippen molar-refractivity contribution in [1.82, 2.24) is 0 Å². The van der Waals surface area contributed by atoms with Gasteiger partial charge in [0.1, 0.15) is 0 Å². The summed E-state index contributed by atoms with van der Waals surface area (Å²) >= 11 is 9.05. The molecule has 0 spiro atoms. The van der Waals surface area contributed by atoms with Crippen molar-refractivity contribution >= 4 is 78.2 Å². The van der Waals surface area contributed by atoms with Crippen LogP contribution in [0.1, 0.15) is 6.42 Å². The first-order valence-electron chi connectivity index (χ1n) is 18.0. The summed E-state index contributed by atoms with van der Waals surface area (Å²) in [5.41, 5.74) is 0. The summed E-state index contributed by atoms with van der Waals surface area (Å²) in [4.78, 5) is 0. The van der Waals surface area contributed by atoms with Crippen molar-refractivity contribution < 1.29 is 28.4 Å². The molecule has 0 bridgehead atoms. The summed E-state index contributed by atoms with van der Waals surface area (Å²) in [6.45, 7) is 0. The molecule has 6 aromatic rings. The van der Waals surface area contributed by atoms with Gasteiger partial charge in [-0.25, -0.2) is 0 Å². The number of rotatable bonds is 16. The van der Waals surface area contributed by atoms with Gasteiger partial charge in [-0.3, -0.25) is 0 Å². The Kier molecular flexibility index (Phi) is 13.2. The number of ether oxygens (including phenoxy) is 6. The Balaban J connectivity index is 1.75. The van der Waals surface area contributed by atoms with Crippen LogP contribution >= 0.6 is 46.4 Å². The maximum atomic E-state index is 6.25. The predicted molar refractivity (Wildman–Crippen MR) is 242 cm³/mol. The van der Waals surface area contributed by atoms with E-state index >= 15 is 0 Å². The second-order valence-corrected chi connectivity index (χ2v) is 26.2. The van der Waals surface area contributed by atoms with Crippen LogP contribution in [0.2, 0.25) is 0 Å². The zero-order valence-electron chi connectivity index (χ0n) is 32.0. The molecule has 0 aromatic heterocycles. The van der Waals surface area contributed by atoms with Crippen LogP contribution in [0.4, 0.5) is 0 Å². The summed E-state index contributed by atoms with van der Waals surface area (Å²) in [6, 6.07) is 50.1. The fourth-order valence-corrected chi connectivity index (χ4v) is 24.1. The third-order valence-corrected chi connectivity index (χ3v) is 25.0. The molecule has 6 aromatic carbocycles. The second-order valence-electron chi connectivity index (χ2n) is 13.1. The van der Waals surface area contributed by atoms with Crippen molar-refractivity contribution in [3.8, 4) is 34.5 Å². The molecule has 6 nitrogen and oxygen atoms in total. The average Bonchev–Trinajstić information content (AvgIpc) is 3.25. The molecular formula is C45H48Br2O6P2. The minimum atomic E-state index is -3.43. The van der Waals surface area contributed by atoms with Crippen LogP contribution in [0.25, 0.3) is 0 Å². The van der Waals surface area contributed by atoms with Crippen molar-refractivity contribution in [2.75, 3.05) is 48.8 Å². The predicted octanol–water partition coefficient (Wildman–Crippen LogP) is 8.32.